The summed E-state index contributed by atoms with van der Waals surface area (Å²) in [5, 5.41) is 12.1. The fraction of sp³-hybridized carbons (Fsp3) is 0.0854. The molecule has 0 aliphatic carbocycles. The molecule has 4 aromatic heterocycles. The van der Waals surface area contributed by atoms with Gasteiger partial charge in [-0.15, -0.1) is 124 Å². The van der Waals surface area contributed by atoms with Crippen LogP contribution < -0.4 is 9.97 Å². The summed E-state index contributed by atoms with van der Waals surface area (Å²) in [6, 6.07) is 55.2. The minimum atomic E-state index is -0.772. The van der Waals surface area contributed by atoms with Crippen LogP contribution in [0.4, 0.5) is 43.4 Å². The van der Waals surface area contributed by atoms with Crippen LogP contribution in [0, 0.1) is 72.9 Å². The summed E-state index contributed by atoms with van der Waals surface area (Å²) in [7, 11) is 0. The molecule has 0 amide bonds. The summed E-state index contributed by atoms with van der Waals surface area (Å²) in [5.41, 5.74) is 11.6. The predicted octanol–water partition coefficient (Wildman–Crippen LogP) is 14.6. The quantitative estimate of drug-likeness (QED) is 0.129. The SMILES string of the molecule is C1=NC2=NC1=Cc1cnc([n-]1)C1=NC(=Cc3ccc2[n-]3)C=N1.Cc1cc2[c-]c(c1)C(C)(C)C1=NC(=Nc3[c-]c(ccc3)C(C)(C)C3=NC(=N2)C=C3)C=C1.Fc1cc(F)c2[c-]c1cc1nc(c3[c-]c(ccc3)cc3nc2N=C3)N=C1.[C-]#[N+]C1=Nc2nc1nc1[c-]c(ccc1)c1nc(nc3[c-]c2ccc3)C(C#N)=N1.[Pt+2].[Pt+2].[Pt+2].[Pt+2]. The second kappa shape index (κ2) is 31.8. The molecule has 542 valence electrons. The first kappa shape index (κ1) is 77.1. The smallest absolute Gasteiger partial charge is 0.655 e. The van der Waals surface area contributed by atoms with Crippen LogP contribution in [0.3, 0.4) is 0 Å². The molecule has 0 saturated heterocycles. The minimum Gasteiger partial charge on any atom is -0.655 e. The van der Waals surface area contributed by atoms with Gasteiger partial charge in [0.25, 0.3) is 0 Å². The van der Waals surface area contributed by atoms with E-state index in [1.54, 1.807) is 61.1 Å². The molecule has 0 spiro atoms. The predicted molar refractivity (Wildman–Crippen MR) is 409 cm³/mol. The summed E-state index contributed by atoms with van der Waals surface area (Å²) < 4.78 is 28.4. The van der Waals surface area contributed by atoms with Gasteiger partial charge in [-0.05, 0) is 75.8 Å². The number of fused-ring (bicyclic) bond motifs is 34. The van der Waals surface area contributed by atoms with E-state index in [1.165, 1.54) is 18.5 Å². The first-order chi connectivity index (χ1) is 51.9. The van der Waals surface area contributed by atoms with Crippen molar-refractivity contribution in [1.82, 2.24) is 44.9 Å². The molecule has 29 heteroatoms. The molecule has 14 heterocycles. The van der Waals surface area contributed by atoms with Gasteiger partial charge in [-0.25, -0.2) is 39.9 Å². The van der Waals surface area contributed by atoms with Crippen molar-refractivity contribution in [2.45, 2.75) is 45.4 Å². The van der Waals surface area contributed by atoms with Gasteiger partial charge in [0.1, 0.15) is 11.9 Å². The van der Waals surface area contributed by atoms with Crippen molar-refractivity contribution < 1.29 is 93.0 Å². The van der Waals surface area contributed by atoms with E-state index in [0.717, 1.165) is 73.7 Å². The molecule has 6 aromatic carbocycles. The van der Waals surface area contributed by atoms with E-state index in [9.17, 15) is 14.0 Å². The average molecular weight is 2170 g/mol. The Morgan fingerprint density at radius 2 is 1.10 bits per heavy atom. The van der Waals surface area contributed by atoms with Crippen molar-refractivity contribution in [3.8, 4) is 6.07 Å². The Hall–Kier alpha value is -12.1. The fourth-order valence-corrected chi connectivity index (χ4v) is 11.9. The van der Waals surface area contributed by atoms with Gasteiger partial charge in [-0.1, -0.05) is 99.6 Å². The third kappa shape index (κ3) is 16.2. The number of halogens is 2. The Bertz CT molecular complexity index is 6350. The number of amidine groups is 5. The Morgan fingerprint density at radius 3 is 1.83 bits per heavy atom. The van der Waals surface area contributed by atoms with Crippen LogP contribution in [0.5, 0.6) is 0 Å². The minimum absolute atomic E-state index is 0. The van der Waals surface area contributed by atoms with Gasteiger partial charge in [-0.2, -0.15) is 41.2 Å². The zero-order valence-electron chi connectivity index (χ0n) is 58.1. The molecule has 0 radical (unpaired) electrons. The molecule has 0 atom stereocenters. The Kier molecular flexibility index (Phi) is 22.1. The first-order valence-electron chi connectivity index (χ1n) is 33.1. The Labute approximate surface area is 689 Å². The number of nitriles is 1. The molecule has 20 rings (SSSR count). The third-order valence-corrected chi connectivity index (χ3v) is 17.4. The van der Waals surface area contributed by atoms with Crippen molar-refractivity contribution in [2.75, 3.05) is 0 Å². The molecule has 0 N–H and O–H groups in total. The first-order valence-corrected chi connectivity index (χ1v) is 33.1. The van der Waals surface area contributed by atoms with Gasteiger partial charge in [0.2, 0.25) is 0 Å². The maximum Gasteiger partial charge on any atom is 2.00 e. The monoisotopic (exact) mass is 2170 g/mol. The van der Waals surface area contributed by atoms with Crippen molar-refractivity contribution in [2.24, 2.45) is 59.9 Å². The normalized spacial score (nSPS) is 15.3. The van der Waals surface area contributed by atoms with E-state index in [2.05, 4.69) is 173 Å². The second-order valence-electron chi connectivity index (χ2n) is 25.7. The van der Waals surface area contributed by atoms with Crippen LogP contribution >= 0.6 is 0 Å². The molecule has 10 aliphatic rings. The van der Waals surface area contributed by atoms with Crippen molar-refractivity contribution in [3.63, 3.8) is 0 Å². The number of aromatic nitrogens is 9. The van der Waals surface area contributed by atoms with Crippen LogP contribution in [0.15, 0.2) is 217 Å². The van der Waals surface area contributed by atoms with Crippen LogP contribution in [0.1, 0.15) is 90.3 Å². The standard InChI is InChI=1S/C27H24N4.C20H8F2N4.C20H6N8.C15H7N7.4Pt/c1-17-13-19-16-21(14-17)29-25-12-9-22(30-25)26(2,3)18-7-6-8-20(15-18)28-24-11-10-23(31-24)27(19,4)5;21-17-8-18(22)16-7-13(17)6-15-10-23-19(25-15)12-3-1-2-11(4-12)5-14-9-24-20(16)26-14;1-22-19-20-24-14-7-2-4-11(8-14)16-25-15(10-21)18(26-16)23-13-6-3-5-12(9-13)17(27-19)28-20;1-2-12-13-16-5-10(20-13)4-11-7-18-15(22-11)14-17-6-9(21-14)3-8(1)19-12;;;;/h6-14H,1-5H3;1-3,5-6,8-10H;2-7H;1-7H;;;;/q4*-2;4*+2. The number of hydrogen-bond donors (Lipinski definition) is 0. The largest absolute Gasteiger partial charge is 2.00 e. The summed E-state index contributed by atoms with van der Waals surface area (Å²) in [4.78, 5) is 96.3. The van der Waals surface area contributed by atoms with Gasteiger partial charge in [0, 0.05) is 34.6 Å². The van der Waals surface area contributed by atoms with E-state index >= 15 is 0 Å². The van der Waals surface area contributed by atoms with E-state index in [0.29, 0.717) is 90.9 Å². The third-order valence-electron chi connectivity index (χ3n) is 17.4. The van der Waals surface area contributed by atoms with Gasteiger partial charge in [-0.3, -0.25) is 53.7 Å². The number of nitrogens with zero attached hydrogens (tertiary/aromatic N) is 23. The van der Waals surface area contributed by atoms with Crippen LogP contribution in [-0.2, 0) is 95.1 Å². The topological polar surface area (TPSA) is 295 Å². The number of allylic oxidation sites excluding steroid dienone is 4. The Balaban J connectivity index is 0.000000129. The number of imidazole rings is 1. The molecule has 0 saturated carbocycles. The molecule has 0 fully saturated rings. The maximum atomic E-state index is 14.2. The van der Waals surface area contributed by atoms with E-state index in [4.69, 9.17) is 26.5 Å². The molecule has 10 aliphatic heterocycles. The van der Waals surface area contributed by atoms with Gasteiger partial charge < -0.3 is 19.8 Å². The molecular weight excluding hydrogens is 2130 g/mol. The molecule has 23 nitrogen and oxygen atoms in total. The second-order valence-corrected chi connectivity index (χ2v) is 25.7. The number of aliphatic imine (C=N–C) groups is 12. The zero-order valence-corrected chi connectivity index (χ0v) is 67.2. The van der Waals surface area contributed by atoms with Crippen LogP contribution in [0.2, 0.25) is 0 Å². The number of benzene rings is 6. The molecule has 111 heavy (non-hydrogen) atoms. The summed E-state index contributed by atoms with van der Waals surface area (Å²) in [5.74, 6) is 3.22. The Morgan fingerprint density at radius 1 is 0.486 bits per heavy atom. The zero-order chi connectivity index (χ0) is 73.1. The fourth-order valence-electron chi connectivity index (χ4n) is 11.9. The number of hydrogen-bond acceptors (Lipinski definition) is 20. The summed E-state index contributed by atoms with van der Waals surface area (Å²) in [6.45, 7) is 18.1. The van der Waals surface area contributed by atoms with Crippen LogP contribution in [0.25, 0.3) is 60.3 Å². The molecular formula is C82H45F2N23Pt4. The van der Waals surface area contributed by atoms with E-state index in [1.807, 2.05) is 91.1 Å². The molecule has 10 aromatic rings. The van der Waals surface area contributed by atoms with Gasteiger partial charge in [0.05, 0.1) is 64.3 Å². The maximum absolute atomic E-state index is 14.2. The summed E-state index contributed by atoms with van der Waals surface area (Å²) >= 11 is 0. The van der Waals surface area contributed by atoms with Crippen molar-refractivity contribution >= 4 is 161 Å². The molecule has 0 unspecified atom stereocenters. The van der Waals surface area contributed by atoms with Crippen molar-refractivity contribution in [1.29, 1.82) is 5.26 Å². The van der Waals surface area contributed by atoms with Gasteiger partial charge in [0.15, 0.2) is 40.7 Å². The van der Waals surface area contributed by atoms with Crippen LogP contribution in [-0.4, -0.2) is 106 Å². The average Bonchev–Trinajstić information content (AvgIpc) is 1.67. The van der Waals surface area contributed by atoms with Crippen molar-refractivity contribution in [3.05, 3.63) is 279 Å². The summed E-state index contributed by atoms with van der Waals surface area (Å²) in [6.07, 6.45) is 19.8. The van der Waals surface area contributed by atoms with Gasteiger partial charge >= 0.3 is 90.1 Å². The van der Waals surface area contributed by atoms with E-state index in [-0.39, 0.29) is 135 Å². The van der Waals surface area contributed by atoms with E-state index < -0.39 is 11.6 Å². The number of rotatable bonds is 0. The number of aryl methyl sites for hydroxylation is 1. The molecule has 32 bridgehead atoms.